The predicted molar refractivity (Wildman–Crippen MR) is 113 cm³/mol. The third-order valence-electron chi connectivity index (χ3n) is 6.29. The molecule has 0 bridgehead atoms. The fraction of sp³-hybridized carbons (Fsp3) is 0.682. The highest BCUT2D eigenvalue weighted by atomic mass is 31.2. The second-order valence-corrected chi connectivity index (χ2v) is 13.3. The van der Waals surface area contributed by atoms with E-state index in [9.17, 15) is 14.5 Å². The summed E-state index contributed by atoms with van der Waals surface area (Å²) in [6, 6.07) is 2.82. The number of carbonyl (C=O) groups excluding carboxylic acids is 1. The lowest BCUT2D eigenvalue weighted by atomic mass is 9.75. The van der Waals surface area contributed by atoms with Gasteiger partial charge in [-0.3, -0.25) is 0 Å². The molecule has 1 heterocycles. The normalized spacial score (nSPS) is 29.3. The fourth-order valence-electron chi connectivity index (χ4n) is 4.35. The number of hydrogen-bond donors (Lipinski definition) is 1. The third kappa shape index (κ3) is 4.28. The average Bonchev–Trinajstić information content (AvgIpc) is 2.93. The number of hydrogen-bond acceptors (Lipinski definition) is 6. The zero-order valence-corrected chi connectivity index (χ0v) is 19.1. The molecule has 1 aromatic carbocycles. The molecule has 1 saturated carbocycles. The smallest absolute Gasteiger partial charge is 0.507 e. The highest BCUT2D eigenvalue weighted by molar-refractivity contribution is 7.73. The van der Waals surface area contributed by atoms with Crippen molar-refractivity contribution in [3.05, 3.63) is 12.1 Å². The molecule has 0 saturated heterocycles. The molecule has 1 fully saturated rings. The van der Waals surface area contributed by atoms with Crippen molar-refractivity contribution in [1.29, 1.82) is 0 Å². The molecular weight excluding hydrogens is 391 g/mol. The molecule has 1 aliphatic carbocycles. The lowest BCUT2D eigenvalue weighted by Crippen LogP contribution is -2.36. The van der Waals surface area contributed by atoms with Crippen LogP contribution in [0.1, 0.15) is 60.8 Å². The van der Waals surface area contributed by atoms with E-state index in [0.717, 1.165) is 19.3 Å². The first-order chi connectivity index (χ1) is 13.4. The molecule has 0 radical (unpaired) electrons. The van der Waals surface area contributed by atoms with Crippen molar-refractivity contribution in [3.8, 4) is 17.2 Å². The van der Waals surface area contributed by atoms with Gasteiger partial charge in [-0.25, -0.2) is 4.79 Å². The van der Waals surface area contributed by atoms with Crippen molar-refractivity contribution in [3.63, 3.8) is 0 Å². The highest BCUT2D eigenvalue weighted by Gasteiger charge is 2.47. The lowest BCUT2D eigenvalue weighted by molar-refractivity contribution is -0.0136. The van der Waals surface area contributed by atoms with E-state index >= 15 is 0 Å². The van der Waals surface area contributed by atoms with Crippen LogP contribution in [0.5, 0.6) is 17.2 Å². The Labute approximate surface area is 173 Å². The first-order valence-corrected chi connectivity index (χ1v) is 12.3. The summed E-state index contributed by atoms with van der Waals surface area (Å²) in [5.74, 6) is 1.49. The Balaban J connectivity index is 1.75. The molecule has 0 spiro atoms. The number of fused-ring (bicyclic) bond motifs is 1. The molecule has 162 valence electrons. The summed E-state index contributed by atoms with van der Waals surface area (Å²) in [5.41, 5.74) is 0. The molecule has 0 amide bonds. The van der Waals surface area contributed by atoms with Crippen LogP contribution in [0.15, 0.2) is 12.1 Å². The van der Waals surface area contributed by atoms with Crippen molar-refractivity contribution in [2.75, 3.05) is 6.35 Å². The van der Waals surface area contributed by atoms with E-state index in [4.69, 9.17) is 14.2 Å². The Bertz CT molecular complexity index is 825. The van der Waals surface area contributed by atoms with Gasteiger partial charge in [0.1, 0.15) is 29.7 Å². The fourth-order valence-corrected chi connectivity index (χ4v) is 6.78. The van der Waals surface area contributed by atoms with Gasteiger partial charge in [0.15, 0.2) is 7.14 Å². The van der Waals surface area contributed by atoms with Gasteiger partial charge in [0.2, 0.25) is 0 Å². The van der Waals surface area contributed by atoms with E-state index in [0.29, 0.717) is 28.8 Å². The minimum Gasteiger partial charge on any atom is -0.507 e. The summed E-state index contributed by atoms with van der Waals surface area (Å²) in [5, 5.41) is 10.3. The van der Waals surface area contributed by atoms with Crippen LogP contribution in [0.4, 0.5) is 4.79 Å². The zero-order valence-electron chi connectivity index (χ0n) is 18.2. The van der Waals surface area contributed by atoms with Gasteiger partial charge in [-0.05, 0) is 30.6 Å². The van der Waals surface area contributed by atoms with Crippen molar-refractivity contribution < 1.29 is 28.7 Å². The molecule has 4 atom stereocenters. The minimum atomic E-state index is -2.93. The maximum absolute atomic E-state index is 13.4. The van der Waals surface area contributed by atoms with Crippen molar-refractivity contribution in [1.82, 2.24) is 0 Å². The molecule has 0 aromatic heterocycles. The zero-order chi connectivity index (χ0) is 21.6. The Hall–Kier alpha value is -1.68. The first kappa shape index (κ1) is 22.0. The van der Waals surface area contributed by atoms with E-state index in [1.54, 1.807) is 0 Å². The number of phenols is 1. The van der Waals surface area contributed by atoms with Crippen LogP contribution >= 0.6 is 7.14 Å². The number of benzene rings is 1. The first-order valence-electron chi connectivity index (χ1n) is 10.4. The van der Waals surface area contributed by atoms with Gasteiger partial charge in [0.05, 0.1) is 5.30 Å². The Kier molecular flexibility index (Phi) is 5.97. The SMILES string of the molecule is CC(C)[C@H]1CC[C@H](C)C[C@@H]1OC(=O)Oc1cc(O)c2c(c1)OCP2(=O)C(C)(C)C. The van der Waals surface area contributed by atoms with Crippen molar-refractivity contribution in [2.45, 2.75) is 72.1 Å². The second kappa shape index (κ2) is 7.86. The largest absolute Gasteiger partial charge is 0.514 e. The maximum atomic E-state index is 13.4. The van der Waals surface area contributed by atoms with Crippen molar-refractivity contribution in [2.24, 2.45) is 17.8 Å². The molecule has 7 heteroatoms. The van der Waals surface area contributed by atoms with E-state index < -0.39 is 18.5 Å². The van der Waals surface area contributed by atoms with E-state index in [1.807, 2.05) is 20.8 Å². The van der Waals surface area contributed by atoms with Gasteiger partial charge in [0.25, 0.3) is 0 Å². The van der Waals surface area contributed by atoms with E-state index in [1.165, 1.54) is 12.1 Å². The minimum absolute atomic E-state index is 0.0311. The highest BCUT2D eigenvalue weighted by Crippen LogP contribution is 2.63. The number of carbonyl (C=O) groups is 1. The van der Waals surface area contributed by atoms with E-state index in [-0.39, 0.29) is 24.0 Å². The second-order valence-electron chi connectivity index (χ2n) is 9.81. The molecular formula is C22H33O6P. The van der Waals surface area contributed by atoms with Gasteiger partial charge >= 0.3 is 6.16 Å². The summed E-state index contributed by atoms with van der Waals surface area (Å²) in [7, 11) is -2.93. The molecule has 1 N–H and O–H groups in total. The van der Waals surface area contributed by atoms with Gasteiger partial charge in [-0.1, -0.05) is 48.0 Å². The third-order valence-corrected chi connectivity index (χ3v) is 10.1. The molecule has 1 aromatic rings. The van der Waals surface area contributed by atoms with Gasteiger partial charge in [-0.2, -0.15) is 0 Å². The summed E-state index contributed by atoms with van der Waals surface area (Å²) < 4.78 is 30.0. The van der Waals surface area contributed by atoms with Gasteiger partial charge < -0.3 is 23.9 Å². The standard InChI is InChI=1S/C22H33O6P/c1-13(2)16-8-7-14(3)9-18(16)28-21(24)27-15-10-17(23)20-19(11-15)26-12-29(20,25)22(4,5)6/h10-11,13-14,16,18,23H,7-9,12H2,1-6H3/t14-,16+,18-,29?/m0/s1. The van der Waals surface area contributed by atoms with Crippen LogP contribution in [0.3, 0.4) is 0 Å². The van der Waals surface area contributed by atoms with Crippen LogP contribution in [-0.2, 0) is 9.30 Å². The molecule has 1 aliphatic heterocycles. The lowest BCUT2D eigenvalue weighted by Gasteiger charge is -2.36. The summed E-state index contributed by atoms with van der Waals surface area (Å²) in [6.45, 7) is 12.1. The number of aromatic hydroxyl groups is 1. The number of rotatable bonds is 3. The molecule has 6 nitrogen and oxygen atoms in total. The maximum Gasteiger partial charge on any atom is 0.514 e. The van der Waals surface area contributed by atoms with Crippen LogP contribution in [-0.4, -0.2) is 28.9 Å². The summed E-state index contributed by atoms with van der Waals surface area (Å²) >= 11 is 0. The molecule has 29 heavy (non-hydrogen) atoms. The number of ether oxygens (including phenoxy) is 3. The van der Waals surface area contributed by atoms with Crippen LogP contribution < -0.4 is 14.8 Å². The monoisotopic (exact) mass is 424 g/mol. The van der Waals surface area contributed by atoms with Gasteiger partial charge in [-0.15, -0.1) is 0 Å². The molecule has 2 aliphatic rings. The van der Waals surface area contributed by atoms with Gasteiger partial charge in [0, 0.05) is 17.3 Å². The summed E-state index contributed by atoms with van der Waals surface area (Å²) in [6.07, 6.45) is 2.07. The van der Waals surface area contributed by atoms with Crippen LogP contribution in [0.2, 0.25) is 0 Å². The Morgan fingerprint density at radius 2 is 1.97 bits per heavy atom. The Morgan fingerprint density at radius 1 is 1.28 bits per heavy atom. The topological polar surface area (TPSA) is 82.1 Å². The summed E-state index contributed by atoms with van der Waals surface area (Å²) in [4.78, 5) is 12.4. The van der Waals surface area contributed by atoms with Crippen LogP contribution in [0, 0.1) is 17.8 Å². The Morgan fingerprint density at radius 3 is 2.59 bits per heavy atom. The number of phenolic OH excluding ortho intramolecular Hbond substituents is 1. The molecule has 3 rings (SSSR count). The van der Waals surface area contributed by atoms with E-state index in [2.05, 4.69) is 20.8 Å². The molecule has 1 unspecified atom stereocenters. The predicted octanol–water partition coefficient (Wildman–Crippen LogP) is 5.51. The quantitative estimate of drug-likeness (QED) is 0.392. The van der Waals surface area contributed by atoms with Crippen LogP contribution in [0.25, 0.3) is 0 Å². The average molecular weight is 424 g/mol. The van der Waals surface area contributed by atoms with Crippen molar-refractivity contribution >= 4 is 18.6 Å².